The van der Waals surface area contributed by atoms with Crippen LogP contribution in [0.5, 0.6) is 0 Å². The van der Waals surface area contributed by atoms with Gasteiger partial charge in [-0.3, -0.25) is 9.48 Å². The minimum absolute atomic E-state index is 0.0409. The highest BCUT2D eigenvalue weighted by atomic mass is 79.9. The van der Waals surface area contributed by atoms with Crippen LogP contribution in [0.15, 0.2) is 39.9 Å². The van der Waals surface area contributed by atoms with E-state index in [4.69, 9.17) is 0 Å². The third-order valence-corrected chi connectivity index (χ3v) is 3.41. The van der Waals surface area contributed by atoms with E-state index in [2.05, 4.69) is 26.1 Å². The molecule has 0 saturated carbocycles. The lowest BCUT2D eigenvalue weighted by Crippen LogP contribution is -2.24. The minimum Gasteiger partial charge on any atom is -0.275 e. The van der Waals surface area contributed by atoms with Gasteiger partial charge in [0.1, 0.15) is 5.82 Å². The Bertz CT molecular complexity index is 855. The van der Waals surface area contributed by atoms with E-state index in [0.29, 0.717) is 15.6 Å². The van der Waals surface area contributed by atoms with E-state index < -0.39 is 11.4 Å². The predicted octanol–water partition coefficient (Wildman–Crippen LogP) is 2.08. The molecule has 0 radical (unpaired) electrons. The van der Waals surface area contributed by atoms with Gasteiger partial charge in [0, 0.05) is 23.1 Å². The van der Waals surface area contributed by atoms with Crippen molar-refractivity contribution in [3.05, 3.63) is 56.9 Å². The summed E-state index contributed by atoms with van der Waals surface area (Å²) in [7, 11) is 1.79. The summed E-state index contributed by atoms with van der Waals surface area (Å²) in [5, 5.41) is 8.75. The Kier molecular flexibility index (Phi) is 3.13. The van der Waals surface area contributed by atoms with E-state index in [9.17, 15) is 9.18 Å². The summed E-state index contributed by atoms with van der Waals surface area (Å²) in [5.41, 5.74) is 0.233. The first-order valence-electron chi connectivity index (χ1n) is 5.88. The zero-order valence-corrected chi connectivity index (χ0v) is 12.1. The highest BCUT2D eigenvalue weighted by Gasteiger charge is 2.11. The monoisotopic (exact) mass is 336 g/mol. The highest BCUT2D eigenvalue weighted by Crippen LogP contribution is 2.19. The number of rotatable bonds is 2. The Morgan fingerprint density at radius 1 is 1.40 bits per heavy atom. The van der Waals surface area contributed by atoms with Crippen LogP contribution in [-0.4, -0.2) is 19.6 Å². The fraction of sp³-hybridized carbons (Fsp3) is 0.154. The highest BCUT2D eigenvalue weighted by molar-refractivity contribution is 9.10. The molecular formula is C13H10BrFN4O. The topological polar surface area (TPSA) is 52.7 Å². The van der Waals surface area contributed by atoms with Crippen molar-refractivity contribution >= 4 is 26.7 Å². The molecule has 0 spiro atoms. The molecule has 102 valence electrons. The number of nitrogens with zero attached hydrogens (tertiary/aromatic N) is 4. The molecule has 2 heterocycles. The molecule has 0 atom stereocenters. The Hall–Kier alpha value is -2.02. The van der Waals surface area contributed by atoms with Gasteiger partial charge in [-0.05, 0) is 18.2 Å². The molecule has 0 saturated heterocycles. The van der Waals surface area contributed by atoms with Crippen molar-refractivity contribution in [2.24, 2.45) is 7.05 Å². The molecule has 0 N–H and O–H groups in total. The number of halogens is 2. The molecule has 0 amide bonds. The zero-order valence-electron chi connectivity index (χ0n) is 10.5. The molecule has 0 bridgehead atoms. The van der Waals surface area contributed by atoms with Gasteiger partial charge in [0.25, 0.3) is 5.56 Å². The minimum atomic E-state index is -0.559. The number of hydrogen-bond acceptors (Lipinski definition) is 3. The number of aryl methyl sites for hydroxylation is 1. The molecule has 0 aliphatic carbocycles. The van der Waals surface area contributed by atoms with Gasteiger partial charge in [-0.15, -0.1) is 0 Å². The van der Waals surface area contributed by atoms with Crippen molar-refractivity contribution in [3.8, 4) is 0 Å². The van der Waals surface area contributed by atoms with Crippen molar-refractivity contribution < 1.29 is 4.39 Å². The molecule has 5 nitrogen and oxygen atoms in total. The SMILES string of the molecule is Cn1ccc(Cn2ncc3cc(Br)cc(F)c3c2=O)n1. The summed E-state index contributed by atoms with van der Waals surface area (Å²) in [6, 6.07) is 4.73. The first-order chi connectivity index (χ1) is 9.54. The number of benzene rings is 1. The maximum absolute atomic E-state index is 13.9. The van der Waals surface area contributed by atoms with Crippen LogP contribution in [0.2, 0.25) is 0 Å². The van der Waals surface area contributed by atoms with Crippen molar-refractivity contribution in [2.45, 2.75) is 6.54 Å². The van der Waals surface area contributed by atoms with Gasteiger partial charge in [0.2, 0.25) is 0 Å². The van der Waals surface area contributed by atoms with E-state index >= 15 is 0 Å². The lowest BCUT2D eigenvalue weighted by atomic mass is 10.2. The van der Waals surface area contributed by atoms with E-state index in [1.165, 1.54) is 16.9 Å². The van der Waals surface area contributed by atoms with Crippen LogP contribution < -0.4 is 5.56 Å². The summed E-state index contributed by atoms with van der Waals surface area (Å²) in [6.45, 7) is 0.213. The molecular weight excluding hydrogens is 327 g/mol. The molecule has 3 rings (SSSR count). The van der Waals surface area contributed by atoms with Crippen molar-refractivity contribution in [2.75, 3.05) is 0 Å². The van der Waals surface area contributed by atoms with E-state index in [-0.39, 0.29) is 11.9 Å². The first-order valence-corrected chi connectivity index (χ1v) is 6.67. The predicted molar refractivity (Wildman–Crippen MR) is 76.0 cm³/mol. The molecule has 3 aromatic rings. The third kappa shape index (κ3) is 2.24. The molecule has 2 aromatic heterocycles. The van der Waals surface area contributed by atoms with Crippen LogP contribution in [0.25, 0.3) is 10.8 Å². The molecule has 0 fully saturated rings. The van der Waals surface area contributed by atoms with Crippen LogP contribution in [0.1, 0.15) is 5.69 Å². The lowest BCUT2D eigenvalue weighted by Gasteiger charge is -2.05. The second kappa shape index (κ2) is 4.82. The summed E-state index contributed by atoms with van der Waals surface area (Å²) < 4.78 is 17.4. The van der Waals surface area contributed by atoms with Gasteiger partial charge in [0.15, 0.2) is 0 Å². The van der Waals surface area contributed by atoms with E-state index in [1.54, 1.807) is 30.1 Å². The van der Waals surface area contributed by atoms with Crippen LogP contribution >= 0.6 is 15.9 Å². The third-order valence-electron chi connectivity index (χ3n) is 2.95. The van der Waals surface area contributed by atoms with Crippen LogP contribution in [0.4, 0.5) is 4.39 Å². The fourth-order valence-electron chi connectivity index (χ4n) is 2.05. The van der Waals surface area contributed by atoms with Crippen molar-refractivity contribution in [1.29, 1.82) is 0 Å². The Labute approximate surface area is 121 Å². The number of hydrogen-bond donors (Lipinski definition) is 0. The second-order valence-corrected chi connectivity index (χ2v) is 5.36. The quantitative estimate of drug-likeness (QED) is 0.720. The normalized spacial score (nSPS) is 11.2. The largest absolute Gasteiger partial charge is 0.277 e. The molecule has 0 unspecified atom stereocenters. The van der Waals surface area contributed by atoms with Gasteiger partial charge in [-0.25, -0.2) is 9.07 Å². The van der Waals surface area contributed by atoms with E-state index in [1.807, 2.05) is 0 Å². The maximum atomic E-state index is 13.9. The maximum Gasteiger partial charge on any atom is 0.277 e. The van der Waals surface area contributed by atoms with Crippen LogP contribution in [0.3, 0.4) is 0 Å². The van der Waals surface area contributed by atoms with Gasteiger partial charge in [-0.2, -0.15) is 10.2 Å². The smallest absolute Gasteiger partial charge is 0.275 e. The standard InChI is InChI=1S/C13H10BrFN4O/c1-18-3-2-10(17-18)7-19-13(20)12-8(6-16-19)4-9(14)5-11(12)15/h2-6H,7H2,1H3. The average Bonchev–Trinajstić information content (AvgIpc) is 2.77. The second-order valence-electron chi connectivity index (χ2n) is 4.44. The summed E-state index contributed by atoms with van der Waals surface area (Å²) in [4.78, 5) is 12.3. The first kappa shape index (κ1) is 13.0. The van der Waals surface area contributed by atoms with Gasteiger partial charge in [-0.1, -0.05) is 15.9 Å². The van der Waals surface area contributed by atoms with Gasteiger partial charge < -0.3 is 0 Å². The molecule has 20 heavy (non-hydrogen) atoms. The lowest BCUT2D eigenvalue weighted by molar-refractivity contribution is 0.607. The summed E-state index contributed by atoms with van der Waals surface area (Å²) in [6.07, 6.45) is 3.26. The summed E-state index contributed by atoms with van der Waals surface area (Å²) >= 11 is 3.19. The summed E-state index contributed by atoms with van der Waals surface area (Å²) in [5.74, 6) is -0.559. The van der Waals surface area contributed by atoms with Crippen LogP contribution in [-0.2, 0) is 13.6 Å². The average molecular weight is 337 g/mol. The van der Waals surface area contributed by atoms with Gasteiger partial charge >= 0.3 is 0 Å². The molecule has 0 aliphatic rings. The zero-order chi connectivity index (χ0) is 14.3. The van der Waals surface area contributed by atoms with Gasteiger partial charge in [0.05, 0.1) is 23.8 Å². The Balaban J connectivity index is 2.14. The van der Waals surface area contributed by atoms with Crippen molar-refractivity contribution in [1.82, 2.24) is 19.6 Å². The number of aromatic nitrogens is 4. The van der Waals surface area contributed by atoms with Crippen molar-refractivity contribution in [3.63, 3.8) is 0 Å². The van der Waals surface area contributed by atoms with E-state index in [0.717, 1.165) is 0 Å². The number of fused-ring (bicyclic) bond motifs is 1. The molecule has 7 heteroatoms. The molecule has 1 aromatic carbocycles. The Morgan fingerprint density at radius 2 is 2.20 bits per heavy atom. The molecule has 0 aliphatic heterocycles. The Morgan fingerprint density at radius 3 is 2.90 bits per heavy atom. The van der Waals surface area contributed by atoms with Crippen LogP contribution in [0, 0.1) is 5.82 Å². The fourth-order valence-corrected chi connectivity index (χ4v) is 2.50.